The lowest BCUT2D eigenvalue weighted by Crippen LogP contribution is -2.38. The molecule has 16 heavy (non-hydrogen) atoms. The van der Waals surface area contributed by atoms with Crippen LogP contribution in [0.25, 0.3) is 0 Å². The lowest BCUT2D eigenvalue weighted by atomic mass is 10.2. The number of carbonyl (C=O) groups is 1. The van der Waals surface area contributed by atoms with E-state index in [1.54, 1.807) is 0 Å². The first-order valence-corrected chi connectivity index (χ1v) is 6.01. The molecular formula is C12H26N2O2. The molecule has 0 amide bonds. The molecule has 2 unspecified atom stereocenters. The molecule has 96 valence electrons. The highest BCUT2D eigenvalue weighted by Gasteiger charge is 2.09. The molecule has 0 aliphatic rings. The second-order valence-corrected chi connectivity index (χ2v) is 4.37. The van der Waals surface area contributed by atoms with Crippen LogP contribution in [-0.4, -0.2) is 50.2 Å². The average Bonchev–Trinajstić information content (AvgIpc) is 2.27. The summed E-state index contributed by atoms with van der Waals surface area (Å²) in [6.45, 7) is 8.31. The van der Waals surface area contributed by atoms with Gasteiger partial charge in [-0.25, -0.2) is 0 Å². The molecule has 0 heterocycles. The molecule has 0 spiro atoms. The lowest BCUT2D eigenvalue weighted by Gasteiger charge is -2.24. The number of nitrogens with zero attached hydrogens (tertiary/aromatic N) is 1. The van der Waals surface area contributed by atoms with Crippen LogP contribution in [0, 0.1) is 0 Å². The summed E-state index contributed by atoms with van der Waals surface area (Å²) in [5.41, 5.74) is 0. The Bertz CT molecular complexity index is 197. The van der Waals surface area contributed by atoms with Gasteiger partial charge in [0.2, 0.25) is 0 Å². The number of likely N-dealkylation sites (N-methyl/N-ethyl adjacent to an activating group) is 1. The fourth-order valence-electron chi connectivity index (χ4n) is 1.42. The predicted molar refractivity (Wildman–Crippen MR) is 66.5 cm³/mol. The molecule has 2 atom stereocenters. The van der Waals surface area contributed by atoms with E-state index in [0.717, 1.165) is 19.5 Å². The van der Waals surface area contributed by atoms with Crippen molar-refractivity contribution >= 4 is 5.97 Å². The summed E-state index contributed by atoms with van der Waals surface area (Å²) < 4.78 is 4.61. The molecule has 0 aliphatic heterocycles. The average molecular weight is 230 g/mol. The van der Waals surface area contributed by atoms with Gasteiger partial charge in [0.1, 0.15) is 0 Å². The van der Waals surface area contributed by atoms with Crippen molar-refractivity contribution in [1.82, 2.24) is 10.2 Å². The Balaban J connectivity index is 3.61. The summed E-state index contributed by atoms with van der Waals surface area (Å²) in [6.07, 6.45) is 1.59. The highest BCUT2D eigenvalue weighted by molar-refractivity contribution is 5.69. The third kappa shape index (κ3) is 6.80. The first-order chi connectivity index (χ1) is 7.51. The van der Waals surface area contributed by atoms with E-state index in [1.807, 2.05) is 6.92 Å². The molecular weight excluding hydrogens is 204 g/mol. The monoisotopic (exact) mass is 230 g/mol. The molecule has 4 heteroatoms. The normalized spacial score (nSPS) is 14.9. The first-order valence-electron chi connectivity index (χ1n) is 6.01. The fourth-order valence-corrected chi connectivity index (χ4v) is 1.42. The summed E-state index contributed by atoms with van der Waals surface area (Å²) in [5, 5.41) is 3.32. The van der Waals surface area contributed by atoms with Crippen molar-refractivity contribution in [3.63, 3.8) is 0 Å². The molecule has 0 saturated carbocycles. The smallest absolute Gasteiger partial charge is 0.307 e. The van der Waals surface area contributed by atoms with Gasteiger partial charge in [0.05, 0.1) is 13.5 Å². The minimum absolute atomic E-state index is 0.157. The van der Waals surface area contributed by atoms with Gasteiger partial charge in [-0.05, 0) is 27.3 Å². The number of methoxy groups -OCH3 is 1. The van der Waals surface area contributed by atoms with E-state index in [4.69, 9.17) is 0 Å². The van der Waals surface area contributed by atoms with Crippen LogP contribution in [0.1, 0.15) is 33.6 Å². The third-order valence-electron chi connectivity index (χ3n) is 3.00. The van der Waals surface area contributed by atoms with Crippen molar-refractivity contribution in [2.24, 2.45) is 0 Å². The lowest BCUT2D eigenvalue weighted by molar-refractivity contribution is -0.141. The number of carbonyl (C=O) groups excluding carboxylic acids is 1. The minimum atomic E-state index is -0.157. The topological polar surface area (TPSA) is 41.6 Å². The van der Waals surface area contributed by atoms with Crippen LogP contribution in [0.3, 0.4) is 0 Å². The van der Waals surface area contributed by atoms with Crippen molar-refractivity contribution in [1.29, 1.82) is 0 Å². The van der Waals surface area contributed by atoms with Crippen LogP contribution in [0.4, 0.5) is 0 Å². The molecule has 0 aromatic heterocycles. The number of rotatable bonds is 8. The summed E-state index contributed by atoms with van der Waals surface area (Å²) in [5.74, 6) is -0.157. The zero-order valence-corrected chi connectivity index (χ0v) is 11.2. The van der Waals surface area contributed by atoms with Gasteiger partial charge in [0.15, 0.2) is 0 Å². The number of ether oxygens (including phenoxy) is 1. The van der Waals surface area contributed by atoms with Gasteiger partial charge >= 0.3 is 5.97 Å². The minimum Gasteiger partial charge on any atom is -0.469 e. The first kappa shape index (κ1) is 15.4. The van der Waals surface area contributed by atoms with Crippen molar-refractivity contribution in [3.8, 4) is 0 Å². The highest BCUT2D eigenvalue weighted by Crippen LogP contribution is 1.99. The Kier molecular flexibility index (Phi) is 8.21. The SMILES string of the molecule is CCC(C)N(C)CCNC(C)CC(=O)OC. The van der Waals surface area contributed by atoms with E-state index in [2.05, 4.69) is 35.8 Å². The largest absolute Gasteiger partial charge is 0.469 e. The molecule has 0 aromatic rings. The predicted octanol–water partition coefficient (Wildman–Crippen LogP) is 1.26. The molecule has 0 aromatic carbocycles. The number of hydrogen-bond donors (Lipinski definition) is 1. The summed E-state index contributed by atoms with van der Waals surface area (Å²) in [6, 6.07) is 0.787. The maximum Gasteiger partial charge on any atom is 0.307 e. The number of esters is 1. The standard InChI is InChI=1S/C12H26N2O2/c1-6-11(3)14(4)8-7-13-10(2)9-12(15)16-5/h10-11,13H,6-9H2,1-5H3. The fraction of sp³-hybridized carbons (Fsp3) is 0.917. The molecule has 0 saturated heterocycles. The van der Waals surface area contributed by atoms with E-state index < -0.39 is 0 Å². The molecule has 0 aliphatic carbocycles. The summed E-state index contributed by atoms with van der Waals surface area (Å²) >= 11 is 0. The van der Waals surface area contributed by atoms with Crippen molar-refractivity contribution in [3.05, 3.63) is 0 Å². The second kappa shape index (κ2) is 8.53. The highest BCUT2D eigenvalue weighted by atomic mass is 16.5. The number of nitrogens with one attached hydrogen (secondary N) is 1. The van der Waals surface area contributed by atoms with Crippen molar-refractivity contribution in [2.75, 3.05) is 27.2 Å². The maximum absolute atomic E-state index is 11.0. The molecule has 4 nitrogen and oxygen atoms in total. The van der Waals surface area contributed by atoms with E-state index in [-0.39, 0.29) is 12.0 Å². The number of hydrogen-bond acceptors (Lipinski definition) is 4. The van der Waals surface area contributed by atoms with Crippen LogP contribution in [0.5, 0.6) is 0 Å². The van der Waals surface area contributed by atoms with Gasteiger partial charge in [-0.3, -0.25) is 4.79 Å². The van der Waals surface area contributed by atoms with Crippen LogP contribution >= 0.6 is 0 Å². The van der Waals surface area contributed by atoms with Crippen molar-refractivity contribution < 1.29 is 9.53 Å². The zero-order chi connectivity index (χ0) is 12.6. The van der Waals surface area contributed by atoms with E-state index >= 15 is 0 Å². The maximum atomic E-state index is 11.0. The van der Waals surface area contributed by atoms with E-state index in [1.165, 1.54) is 7.11 Å². The van der Waals surface area contributed by atoms with Crippen LogP contribution < -0.4 is 5.32 Å². The summed E-state index contributed by atoms with van der Waals surface area (Å²) in [4.78, 5) is 13.3. The van der Waals surface area contributed by atoms with Gasteiger partial charge in [0, 0.05) is 25.2 Å². The molecule has 0 radical (unpaired) electrons. The van der Waals surface area contributed by atoms with E-state index in [9.17, 15) is 4.79 Å². The van der Waals surface area contributed by atoms with Gasteiger partial charge in [-0.15, -0.1) is 0 Å². The third-order valence-corrected chi connectivity index (χ3v) is 3.00. The van der Waals surface area contributed by atoms with Gasteiger partial charge in [0.25, 0.3) is 0 Å². The Hall–Kier alpha value is -0.610. The van der Waals surface area contributed by atoms with Gasteiger partial charge in [-0.2, -0.15) is 0 Å². The molecule has 1 N–H and O–H groups in total. The molecule has 0 rings (SSSR count). The molecule has 0 bridgehead atoms. The zero-order valence-electron chi connectivity index (χ0n) is 11.2. The Morgan fingerprint density at radius 3 is 2.56 bits per heavy atom. The second-order valence-electron chi connectivity index (χ2n) is 4.37. The Morgan fingerprint density at radius 2 is 2.06 bits per heavy atom. The Labute approximate surface area is 99.3 Å². The van der Waals surface area contributed by atoms with Crippen LogP contribution in [0.2, 0.25) is 0 Å². The molecule has 0 fully saturated rings. The van der Waals surface area contributed by atoms with Gasteiger partial charge in [-0.1, -0.05) is 6.92 Å². The quantitative estimate of drug-likeness (QED) is 0.637. The van der Waals surface area contributed by atoms with Crippen molar-refractivity contribution in [2.45, 2.75) is 45.7 Å². The van der Waals surface area contributed by atoms with E-state index in [0.29, 0.717) is 12.5 Å². The van der Waals surface area contributed by atoms with Crippen LogP contribution in [-0.2, 0) is 9.53 Å². The van der Waals surface area contributed by atoms with Gasteiger partial charge < -0.3 is 15.0 Å². The Morgan fingerprint density at radius 1 is 1.44 bits per heavy atom. The van der Waals surface area contributed by atoms with Crippen LogP contribution in [0.15, 0.2) is 0 Å². The summed E-state index contributed by atoms with van der Waals surface area (Å²) in [7, 11) is 3.55.